The molecule has 0 aliphatic carbocycles. The van der Waals surface area contributed by atoms with Crippen LogP contribution in [-0.4, -0.2) is 59.1 Å². The van der Waals surface area contributed by atoms with Crippen LogP contribution in [0.25, 0.3) is 4.96 Å². The smallest absolute Gasteiger partial charge is 0.228 e. The van der Waals surface area contributed by atoms with E-state index >= 15 is 0 Å². The predicted molar refractivity (Wildman–Crippen MR) is 104 cm³/mol. The zero-order valence-corrected chi connectivity index (χ0v) is 16.3. The van der Waals surface area contributed by atoms with E-state index < -0.39 is 10.0 Å². The SMILES string of the molecule is O=C(Cc1cn2ccsc2n1)N1CCN(S(=O)(=O)Cc2ccccc2)CC1. The second-order valence-corrected chi connectivity index (χ2v) is 9.37. The molecular weight excluding hydrogens is 384 g/mol. The van der Waals surface area contributed by atoms with Gasteiger partial charge >= 0.3 is 0 Å². The van der Waals surface area contributed by atoms with E-state index in [1.165, 1.54) is 15.6 Å². The van der Waals surface area contributed by atoms with Crippen molar-refractivity contribution in [1.82, 2.24) is 18.6 Å². The number of carbonyl (C=O) groups is 1. The maximum Gasteiger partial charge on any atom is 0.228 e. The Morgan fingerprint density at radius 2 is 1.85 bits per heavy atom. The highest BCUT2D eigenvalue weighted by Gasteiger charge is 2.29. The molecule has 1 amide bonds. The number of piperazine rings is 1. The van der Waals surface area contributed by atoms with E-state index in [1.54, 1.807) is 4.90 Å². The molecule has 0 radical (unpaired) electrons. The number of nitrogens with zero attached hydrogens (tertiary/aromatic N) is 4. The van der Waals surface area contributed by atoms with Crippen LogP contribution in [0.3, 0.4) is 0 Å². The van der Waals surface area contributed by atoms with Crippen molar-refractivity contribution in [1.29, 1.82) is 0 Å². The van der Waals surface area contributed by atoms with E-state index in [4.69, 9.17) is 0 Å². The maximum atomic E-state index is 12.6. The van der Waals surface area contributed by atoms with Crippen molar-refractivity contribution < 1.29 is 13.2 Å². The number of rotatable bonds is 5. The number of thiazole rings is 1. The highest BCUT2D eigenvalue weighted by Crippen LogP contribution is 2.16. The summed E-state index contributed by atoms with van der Waals surface area (Å²) in [5.41, 5.74) is 1.52. The summed E-state index contributed by atoms with van der Waals surface area (Å²) in [4.78, 5) is 19.6. The molecule has 0 unspecified atom stereocenters. The fraction of sp³-hybridized carbons (Fsp3) is 0.333. The van der Waals surface area contributed by atoms with Gasteiger partial charge in [0.1, 0.15) is 0 Å². The lowest BCUT2D eigenvalue weighted by Crippen LogP contribution is -2.51. The van der Waals surface area contributed by atoms with E-state index in [2.05, 4.69) is 4.98 Å². The number of benzene rings is 1. The highest BCUT2D eigenvalue weighted by atomic mass is 32.2. The van der Waals surface area contributed by atoms with Crippen LogP contribution in [-0.2, 0) is 27.0 Å². The quantitative estimate of drug-likeness (QED) is 0.648. The largest absolute Gasteiger partial charge is 0.340 e. The minimum atomic E-state index is -3.37. The summed E-state index contributed by atoms with van der Waals surface area (Å²) in [7, 11) is -3.37. The number of sulfonamides is 1. The molecule has 0 saturated carbocycles. The lowest BCUT2D eigenvalue weighted by molar-refractivity contribution is -0.131. The Labute approximate surface area is 161 Å². The summed E-state index contributed by atoms with van der Waals surface area (Å²) in [5, 5.41) is 1.95. The van der Waals surface area contributed by atoms with Crippen molar-refractivity contribution in [2.75, 3.05) is 26.2 Å². The molecule has 2 aromatic heterocycles. The van der Waals surface area contributed by atoms with Gasteiger partial charge in [-0.2, -0.15) is 4.31 Å². The third kappa shape index (κ3) is 4.05. The van der Waals surface area contributed by atoms with Crippen LogP contribution < -0.4 is 0 Å². The molecule has 27 heavy (non-hydrogen) atoms. The molecule has 0 N–H and O–H groups in total. The first-order valence-corrected chi connectivity index (χ1v) is 11.2. The van der Waals surface area contributed by atoms with Crippen LogP contribution in [0.4, 0.5) is 0 Å². The van der Waals surface area contributed by atoms with Crippen molar-refractivity contribution in [3.8, 4) is 0 Å². The molecular formula is C18H20N4O3S2. The van der Waals surface area contributed by atoms with Crippen LogP contribution in [0, 0.1) is 0 Å². The minimum absolute atomic E-state index is 0.00676. The standard InChI is InChI=1S/C18H20N4O3S2/c23-17(12-16-13-21-10-11-26-18(21)19-16)20-6-8-22(9-7-20)27(24,25)14-15-4-2-1-3-5-15/h1-5,10-11,13H,6-9,12,14H2. The second-order valence-electron chi connectivity index (χ2n) is 6.52. The average Bonchev–Trinajstić information content (AvgIpc) is 3.24. The first-order chi connectivity index (χ1) is 13.0. The van der Waals surface area contributed by atoms with Crippen LogP contribution in [0.15, 0.2) is 48.1 Å². The van der Waals surface area contributed by atoms with E-state index in [9.17, 15) is 13.2 Å². The van der Waals surface area contributed by atoms with Crippen molar-refractivity contribution in [3.05, 3.63) is 59.4 Å². The molecule has 0 bridgehead atoms. The maximum absolute atomic E-state index is 12.6. The third-order valence-corrected chi connectivity index (χ3v) is 7.27. The highest BCUT2D eigenvalue weighted by molar-refractivity contribution is 7.88. The zero-order valence-electron chi connectivity index (χ0n) is 14.7. The summed E-state index contributed by atoms with van der Waals surface area (Å²) in [6, 6.07) is 9.16. The van der Waals surface area contributed by atoms with Crippen LogP contribution >= 0.6 is 11.3 Å². The molecule has 9 heteroatoms. The molecule has 7 nitrogen and oxygen atoms in total. The summed E-state index contributed by atoms with van der Waals surface area (Å²) in [6.07, 6.45) is 4.02. The average molecular weight is 405 g/mol. The van der Waals surface area contributed by atoms with Gasteiger partial charge in [-0.25, -0.2) is 13.4 Å². The number of aromatic nitrogens is 2. The summed E-state index contributed by atoms with van der Waals surface area (Å²) < 4.78 is 28.6. The predicted octanol–water partition coefficient (Wildman–Crippen LogP) is 1.61. The molecule has 1 saturated heterocycles. The molecule has 0 atom stereocenters. The Balaban J connectivity index is 1.34. The number of carbonyl (C=O) groups excluding carboxylic acids is 1. The normalized spacial score (nSPS) is 16.1. The lowest BCUT2D eigenvalue weighted by atomic mass is 10.2. The molecule has 3 aromatic rings. The lowest BCUT2D eigenvalue weighted by Gasteiger charge is -2.34. The molecule has 3 heterocycles. The van der Waals surface area contributed by atoms with E-state index in [1.807, 2.05) is 52.5 Å². The fourth-order valence-corrected chi connectivity index (χ4v) is 5.45. The molecule has 4 rings (SSSR count). The van der Waals surface area contributed by atoms with E-state index in [0.717, 1.165) is 16.2 Å². The van der Waals surface area contributed by atoms with Crippen molar-refractivity contribution in [2.45, 2.75) is 12.2 Å². The summed E-state index contributed by atoms with van der Waals surface area (Å²) in [6.45, 7) is 1.49. The molecule has 1 aromatic carbocycles. The van der Waals surface area contributed by atoms with Gasteiger partial charge in [-0.1, -0.05) is 30.3 Å². The van der Waals surface area contributed by atoms with Crippen LogP contribution in [0.2, 0.25) is 0 Å². The van der Waals surface area contributed by atoms with Gasteiger partial charge in [-0.3, -0.25) is 9.20 Å². The van der Waals surface area contributed by atoms with Crippen LogP contribution in [0.5, 0.6) is 0 Å². The number of amides is 1. The molecule has 0 spiro atoms. The first-order valence-electron chi connectivity index (χ1n) is 8.72. The second kappa shape index (κ2) is 7.41. The van der Waals surface area contributed by atoms with Gasteiger partial charge in [0.15, 0.2) is 4.96 Å². The van der Waals surface area contributed by atoms with E-state index in [-0.39, 0.29) is 18.1 Å². The summed E-state index contributed by atoms with van der Waals surface area (Å²) in [5.74, 6) is -0.0199. The van der Waals surface area contributed by atoms with Gasteiger partial charge < -0.3 is 4.90 Å². The van der Waals surface area contributed by atoms with Crippen molar-refractivity contribution >= 4 is 32.2 Å². The molecule has 142 valence electrons. The molecule has 1 aliphatic heterocycles. The Hall–Kier alpha value is -2.23. The fourth-order valence-electron chi connectivity index (χ4n) is 3.22. The van der Waals surface area contributed by atoms with Gasteiger partial charge in [0.2, 0.25) is 15.9 Å². The molecule has 1 fully saturated rings. The van der Waals surface area contributed by atoms with Gasteiger partial charge in [0, 0.05) is 44.0 Å². The Morgan fingerprint density at radius 1 is 1.11 bits per heavy atom. The Kier molecular flexibility index (Phi) is 4.98. The zero-order chi connectivity index (χ0) is 18.9. The topological polar surface area (TPSA) is 75.0 Å². The Morgan fingerprint density at radius 3 is 2.56 bits per heavy atom. The number of imidazole rings is 1. The van der Waals surface area contributed by atoms with Crippen LogP contribution in [0.1, 0.15) is 11.3 Å². The van der Waals surface area contributed by atoms with Crippen molar-refractivity contribution in [2.24, 2.45) is 0 Å². The first kappa shape index (κ1) is 18.1. The van der Waals surface area contributed by atoms with Gasteiger partial charge in [-0.05, 0) is 5.56 Å². The molecule has 1 aliphatic rings. The van der Waals surface area contributed by atoms with Gasteiger partial charge in [0.25, 0.3) is 0 Å². The number of hydrogen-bond acceptors (Lipinski definition) is 5. The third-order valence-electron chi connectivity index (χ3n) is 4.65. The van der Waals surface area contributed by atoms with Gasteiger partial charge in [-0.15, -0.1) is 11.3 Å². The minimum Gasteiger partial charge on any atom is -0.340 e. The van der Waals surface area contributed by atoms with E-state index in [0.29, 0.717) is 26.2 Å². The monoisotopic (exact) mass is 404 g/mol. The summed E-state index contributed by atoms with van der Waals surface area (Å²) >= 11 is 1.53. The Bertz CT molecular complexity index is 1010. The number of fused-ring (bicyclic) bond motifs is 1. The number of hydrogen-bond donors (Lipinski definition) is 0. The van der Waals surface area contributed by atoms with Crippen molar-refractivity contribution in [3.63, 3.8) is 0 Å². The van der Waals surface area contributed by atoms with Gasteiger partial charge in [0.05, 0.1) is 17.9 Å².